The first-order valence-electron chi connectivity index (χ1n) is 8.54. The van der Waals surface area contributed by atoms with Crippen molar-refractivity contribution in [3.8, 4) is 0 Å². The number of carbonyl (C=O) groups excluding carboxylic acids is 2. The van der Waals surface area contributed by atoms with E-state index in [-0.39, 0.29) is 23.6 Å². The maximum Gasteiger partial charge on any atom is 0.338 e. The fraction of sp³-hybridized carbons (Fsp3) is 0.294. The van der Waals surface area contributed by atoms with Crippen LogP contribution < -0.4 is 10.6 Å². The fourth-order valence-corrected chi connectivity index (χ4v) is 4.50. The molecule has 10 nitrogen and oxygen atoms in total. The molecule has 2 amide bonds. The highest BCUT2D eigenvalue weighted by atomic mass is 32.2. The Labute approximate surface area is 173 Å². The maximum absolute atomic E-state index is 12.7. The second-order valence-electron chi connectivity index (χ2n) is 5.87. The highest BCUT2D eigenvalue weighted by Crippen LogP contribution is 2.32. The smallest absolute Gasteiger partial charge is 0.338 e. The number of nitro benzene ring substituents is 1. The number of thioether (sulfide) groups is 1. The van der Waals surface area contributed by atoms with Crippen LogP contribution in [-0.2, 0) is 9.53 Å². The van der Waals surface area contributed by atoms with Gasteiger partial charge in [-0.25, -0.2) is 9.59 Å². The number of ether oxygens (including phenoxy) is 1. The van der Waals surface area contributed by atoms with Gasteiger partial charge >= 0.3 is 12.0 Å². The van der Waals surface area contributed by atoms with E-state index < -0.39 is 23.0 Å². The predicted molar refractivity (Wildman–Crippen MR) is 107 cm³/mol. The number of carbonyl (C=O) groups is 2. The lowest BCUT2D eigenvalue weighted by atomic mass is 9.95. The van der Waals surface area contributed by atoms with Gasteiger partial charge in [-0.2, -0.15) is 0 Å². The van der Waals surface area contributed by atoms with Crippen molar-refractivity contribution in [3.63, 3.8) is 0 Å². The first kappa shape index (κ1) is 20.7. The summed E-state index contributed by atoms with van der Waals surface area (Å²) >= 11 is 2.72. The lowest BCUT2D eigenvalue weighted by Crippen LogP contribution is -2.46. The van der Waals surface area contributed by atoms with Gasteiger partial charge in [0.05, 0.1) is 23.1 Å². The average Bonchev–Trinajstić information content (AvgIpc) is 3.11. The molecule has 152 valence electrons. The van der Waals surface area contributed by atoms with Gasteiger partial charge in [0.2, 0.25) is 0 Å². The van der Waals surface area contributed by atoms with E-state index >= 15 is 0 Å². The number of benzene rings is 1. The van der Waals surface area contributed by atoms with Crippen LogP contribution in [0.3, 0.4) is 0 Å². The van der Waals surface area contributed by atoms with Crippen molar-refractivity contribution in [1.29, 1.82) is 0 Å². The molecule has 0 radical (unpaired) electrons. The van der Waals surface area contributed by atoms with E-state index in [0.717, 1.165) is 5.01 Å². The average molecular weight is 435 g/mol. The van der Waals surface area contributed by atoms with E-state index in [9.17, 15) is 19.7 Å². The summed E-state index contributed by atoms with van der Waals surface area (Å²) in [6.45, 7) is 3.65. The topological polar surface area (TPSA) is 136 Å². The standard InChI is InChI=1S/C17H17N5O5S2/c1-3-27-15(23)13-12(8-28-17-21-20-9(2)29-17)18-16(24)19-14(13)10-5-4-6-11(7-10)22(25)26/h4-7,14H,3,8H2,1-2H3,(H2,18,19,24)/t14-/m0/s1. The molecule has 2 aromatic rings. The predicted octanol–water partition coefficient (Wildman–Crippen LogP) is 2.72. The normalized spacial score (nSPS) is 16.2. The second kappa shape index (κ2) is 9.01. The molecular formula is C17H17N5O5S2. The van der Waals surface area contributed by atoms with Gasteiger partial charge in [0.1, 0.15) is 5.01 Å². The molecule has 29 heavy (non-hydrogen) atoms. The van der Waals surface area contributed by atoms with E-state index in [2.05, 4.69) is 20.8 Å². The van der Waals surface area contributed by atoms with Crippen molar-refractivity contribution >= 4 is 40.8 Å². The highest BCUT2D eigenvalue weighted by molar-refractivity contribution is 8.01. The minimum atomic E-state index is -0.880. The van der Waals surface area contributed by atoms with Gasteiger partial charge in [0.25, 0.3) is 5.69 Å². The van der Waals surface area contributed by atoms with Crippen LogP contribution in [-0.4, -0.2) is 39.5 Å². The third-order valence-corrected chi connectivity index (χ3v) is 5.91. The van der Waals surface area contributed by atoms with Gasteiger partial charge in [-0.05, 0) is 19.4 Å². The lowest BCUT2D eigenvalue weighted by molar-refractivity contribution is -0.384. The van der Waals surface area contributed by atoms with Crippen LogP contribution in [0.4, 0.5) is 10.5 Å². The molecule has 1 aromatic heterocycles. The van der Waals surface area contributed by atoms with E-state index in [4.69, 9.17) is 4.74 Å². The quantitative estimate of drug-likeness (QED) is 0.293. The highest BCUT2D eigenvalue weighted by Gasteiger charge is 2.34. The van der Waals surface area contributed by atoms with Crippen molar-refractivity contribution in [2.45, 2.75) is 24.2 Å². The zero-order chi connectivity index (χ0) is 21.0. The van der Waals surface area contributed by atoms with Crippen LogP contribution in [0.25, 0.3) is 0 Å². The van der Waals surface area contributed by atoms with Crippen molar-refractivity contribution in [1.82, 2.24) is 20.8 Å². The summed E-state index contributed by atoms with van der Waals surface area (Å²) in [5, 5.41) is 25.2. The number of non-ortho nitro benzene ring substituents is 1. The van der Waals surface area contributed by atoms with Crippen molar-refractivity contribution < 1.29 is 19.2 Å². The Morgan fingerprint density at radius 2 is 2.21 bits per heavy atom. The molecule has 2 heterocycles. The number of nitrogens with one attached hydrogen (secondary N) is 2. The monoisotopic (exact) mass is 435 g/mol. The van der Waals surface area contributed by atoms with Crippen LogP contribution in [0.15, 0.2) is 39.9 Å². The third kappa shape index (κ3) is 4.90. The summed E-state index contributed by atoms with van der Waals surface area (Å²) < 4.78 is 5.87. The summed E-state index contributed by atoms with van der Waals surface area (Å²) in [6.07, 6.45) is 0. The Morgan fingerprint density at radius 3 is 2.86 bits per heavy atom. The molecule has 1 aliphatic rings. The Balaban J connectivity index is 2.00. The maximum atomic E-state index is 12.7. The fourth-order valence-electron chi connectivity index (χ4n) is 2.72. The van der Waals surface area contributed by atoms with Gasteiger partial charge in [-0.15, -0.1) is 10.2 Å². The Morgan fingerprint density at radius 1 is 1.41 bits per heavy atom. The molecule has 1 aromatic carbocycles. The number of esters is 1. The van der Waals surface area contributed by atoms with Crippen molar-refractivity contribution in [2.75, 3.05) is 12.4 Å². The molecule has 0 unspecified atom stereocenters. The number of rotatable bonds is 7. The first-order chi connectivity index (χ1) is 13.9. The first-order valence-corrected chi connectivity index (χ1v) is 10.3. The van der Waals surface area contributed by atoms with Crippen LogP contribution >= 0.6 is 23.1 Å². The van der Waals surface area contributed by atoms with Crippen LogP contribution in [0, 0.1) is 17.0 Å². The Kier molecular flexibility index (Phi) is 6.44. The van der Waals surface area contributed by atoms with E-state index in [1.165, 1.54) is 41.3 Å². The van der Waals surface area contributed by atoms with E-state index in [0.29, 0.717) is 15.6 Å². The van der Waals surface area contributed by atoms with E-state index in [1.54, 1.807) is 13.0 Å². The molecule has 0 saturated carbocycles. The number of hydrogen-bond donors (Lipinski definition) is 2. The van der Waals surface area contributed by atoms with Crippen LogP contribution in [0.5, 0.6) is 0 Å². The largest absolute Gasteiger partial charge is 0.463 e. The SMILES string of the molecule is CCOC(=O)C1=C(CSc2nnc(C)s2)NC(=O)N[C@H]1c1cccc([N+](=O)[O-])c1. The molecule has 0 saturated heterocycles. The summed E-state index contributed by atoms with van der Waals surface area (Å²) in [7, 11) is 0. The molecule has 2 N–H and O–H groups in total. The van der Waals surface area contributed by atoms with Gasteiger partial charge in [0, 0.05) is 23.6 Å². The molecular weight excluding hydrogens is 418 g/mol. The molecule has 0 aliphatic carbocycles. The summed E-state index contributed by atoms with van der Waals surface area (Å²) in [5.74, 6) is -0.359. The third-order valence-electron chi connectivity index (χ3n) is 3.91. The number of amides is 2. The number of hydrogen-bond acceptors (Lipinski definition) is 9. The van der Waals surface area contributed by atoms with Crippen LogP contribution in [0.2, 0.25) is 0 Å². The lowest BCUT2D eigenvalue weighted by Gasteiger charge is -2.29. The minimum Gasteiger partial charge on any atom is -0.463 e. The summed E-state index contributed by atoms with van der Waals surface area (Å²) in [4.78, 5) is 35.5. The number of aromatic nitrogens is 2. The molecule has 0 fully saturated rings. The number of nitro groups is 1. The Hall–Kier alpha value is -2.99. The summed E-state index contributed by atoms with van der Waals surface area (Å²) in [5.41, 5.74) is 0.826. The molecule has 1 atom stereocenters. The van der Waals surface area contributed by atoms with Crippen molar-refractivity contribution in [3.05, 3.63) is 56.2 Å². The molecule has 0 bridgehead atoms. The summed E-state index contributed by atoms with van der Waals surface area (Å²) in [6, 6.07) is 4.39. The number of nitrogens with zero attached hydrogens (tertiary/aromatic N) is 3. The van der Waals surface area contributed by atoms with Crippen molar-refractivity contribution in [2.24, 2.45) is 0 Å². The van der Waals surface area contributed by atoms with Crippen LogP contribution in [0.1, 0.15) is 23.5 Å². The number of aryl methyl sites for hydroxylation is 1. The molecule has 12 heteroatoms. The van der Waals surface area contributed by atoms with E-state index in [1.807, 2.05) is 6.92 Å². The zero-order valence-corrected chi connectivity index (χ0v) is 17.1. The molecule has 0 spiro atoms. The Bertz CT molecular complexity index is 990. The van der Waals surface area contributed by atoms with Gasteiger partial charge in [-0.1, -0.05) is 35.2 Å². The number of urea groups is 1. The molecule has 1 aliphatic heterocycles. The van der Waals surface area contributed by atoms with Gasteiger partial charge in [0.15, 0.2) is 4.34 Å². The minimum absolute atomic E-state index is 0.140. The second-order valence-corrected chi connectivity index (χ2v) is 8.28. The van der Waals surface area contributed by atoms with Gasteiger partial charge < -0.3 is 15.4 Å². The zero-order valence-electron chi connectivity index (χ0n) is 15.5. The molecule has 3 rings (SSSR count). The van der Waals surface area contributed by atoms with Gasteiger partial charge in [-0.3, -0.25) is 10.1 Å².